The third-order valence-electron chi connectivity index (χ3n) is 1.66. The van der Waals surface area contributed by atoms with Crippen molar-refractivity contribution in [3.05, 3.63) is 32.2 Å². The van der Waals surface area contributed by atoms with Gasteiger partial charge in [0.1, 0.15) is 0 Å². The first-order valence-corrected chi connectivity index (χ1v) is 5.08. The number of ketones is 1. The molecule has 0 N–H and O–H groups in total. The summed E-state index contributed by atoms with van der Waals surface area (Å²) in [6, 6.07) is 3.84. The summed E-state index contributed by atoms with van der Waals surface area (Å²) < 4.78 is 1.76. The minimum Gasteiger partial charge on any atom is -0.294 e. The number of Topliss-reactive ketones (excluding diaryl/α,β-unsaturated/α-hetero) is 1. The molecule has 0 aliphatic rings. The minimum absolute atomic E-state index is 0.0840. The van der Waals surface area contributed by atoms with Gasteiger partial charge in [0.05, 0.1) is 0 Å². The average molecular weight is 292 g/mol. The molecule has 0 heterocycles. The molecule has 1 nitrogen and oxygen atoms in total. The molecule has 1 rings (SSSR count). The van der Waals surface area contributed by atoms with E-state index in [9.17, 15) is 4.79 Å². The van der Waals surface area contributed by atoms with E-state index in [0.29, 0.717) is 0 Å². The van der Waals surface area contributed by atoms with Crippen molar-refractivity contribution < 1.29 is 4.79 Å². The van der Waals surface area contributed by atoms with E-state index in [-0.39, 0.29) is 5.78 Å². The lowest BCUT2D eigenvalue weighted by molar-refractivity contribution is 0.101. The molecule has 0 aliphatic carbocycles. The molecule has 0 spiro atoms. The fourth-order valence-electron chi connectivity index (χ4n) is 1.08. The summed E-state index contributed by atoms with van der Waals surface area (Å²) >= 11 is 6.71. The first-order valence-electron chi connectivity index (χ1n) is 3.49. The van der Waals surface area contributed by atoms with Gasteiger partial charge in [-0.15, -0.1) is 0 Å². The van der Waals surface area contributed by atoms with E-state index in [1.54, 1.807) is 6.92 Å². The Hall–Kier alpha value is -0.150. The van der Waals surface area contributed by atoms with Gasteiger partial charge in [0.15, 0.2) is 5.78 Å². The zero-order valence-corrected chi connectivity index (χ0v) is 9.99. The number of carbonyl (C=O) groups is 1. The number of carbonyl (C=O) groups excluding carboxylic acids is 1. The Bertz CT molecular complexity index is 332. The highest BCUT2D eigenvalue weighted by atomic mass is 79.9. The van der Waals surface area contributed by atoms with Gasteiger partial charge >= 0.3 is 0 Å². The molecular formula is C9H8Br2O. The van der Waals surface area contributed by atoms with E-state index >= 15 is 0 Å². The molecule has 0 saturated heterocycles. The Labute approximate surface area is 88.4 Å². The number of halogens is 2. The minimum atomic E-state index is 0.0840. The van der Waals surface area contributed by atoms with E-state index in [2.05, 4.69) is 31.9 Å². The molecule has 0 unspecified atom stereocenters. The molecule has 12 heavy (non-hydrogen) atoms. The lowest BCUT2D eigenvalue weighted by Gasteiger charge is -2.05. The second-order valence-electron chi connectivity index (χ2n) is 2.61. The molecule has 0 radical (unpaired) electrons. The fraction of sp³-hybridized carbons (Fsp3) is 0.222. The van der Waals surface area contributed by atoms with Gasteiger partial charge in [0.2, 0.25) is 0 Å². The van der Waals surface area contributed by atoms with E-state index in [4.69, 9.17) is 0 Å². The Morgan fingerprint density at radius 2 is 1.92 bits per heavy atom. The Morgan fingerprint density at radius 3 is 2.33 bits per heavy atom. The molecule has 0 atom stereocenters. The monoisotopic (exact) mass is 290 g/mol. The highest BCUT2D eigenvalue weighted by molar-refractivity contribution is 9.13. The van der Waals surface area contributed by atoms with Gasteiger partial charge in [-0.3, -0.25) is 4.79 Å². The zero-order chi connectivity index (χ0) is 9.30. The Morgan fingerprint density at radius 1 is 1.33 bits per heavy atom. The largest absolute Gasteiger partial charge is 0.294 e. The molecular weight excluding hydrogens is 284 g/mol. The topological polar surface area (TPSA) is 17.1 Å². The van der Waals surface area contributed by atoms with Crippen molar-refractivity contribution >= 4 is 37.6 Å². The molecule has 0 amide bonds. The Balaban J connectivity index is 3.43. The van der Waals surface area contributed by atoms with Crippen molar-refractivity contribution in [2.75, 3.05) is 0 Å². The van der Waals surface area contributed by atoms with Crippen LogP contribution in [0.5, 0.6) is 0 Å². The first kappa shape index (κ1) is 9.93. The Kier molecular flexibility index (Phi) is 3.07. The van der Waals surface area contributed by atoms with Gasteiger partial charge in [-0.2, -0.15) is 0 Å². The van der Waals surface area contributed by atoms with Crippen molar-refractivity contribution in [2.45, 2.75) is 13.8 Å². The molecule has 0 fully saturated rings. The van der Waals surface area contributed by atoms with Crippen LogP contribution in [-0.4, -0.2) is 5.78 Å². The van der Waals surface area contributed by atoms with Crippen LogP contribution in [-0.2, 0) is 0 Å². The maximum atomic E-state index is 11.2. The number of hydrogen-bond acceptors (Lipinski definition) is 1. The van der Waals surface area contributed by atoms with Gasteiger partial charge < -0.3 is 0 Å². The standard InChI is InChI=1S/C9H8Br2O/c1-5-3-4-7(10)9(11)8(5)6(2)12/h3-4H,1-2H3. The van der Waals surface area contributed by atoms with Gasteiger partial charge in [0, 0.05) is 14.5 Å². The predicted octanol–water partition coefficient (Wildman–Crippen LogP) is 3.72. The number of rotatable bonds is 1. The summed E-state index contributed by atoms with van der Waals surface area (Å²) in [6.45, 7) is 3.49. The summed E-state index contributed by atoms with van der Waals surface area (Å²) in [6.07, 6.45) is 0. The maximum Gasteiger partial charge on any atom is 0.161 e. The van der Waals surface area contributed by atoms with Crippen molar-refractivity contribution in [1.82, 2.24) is 0 Å². The smallest absolute Gasteiger partial charge is 0.161 e. The molecule has 0 bridgehead atoms. The third kappa shape index (κ3) is 1.77. The normalized spacial score (nSPS) is 10.0. The highest BCUT2D eigenvalue weighted by Crippen LogP contribution is 2.29. The summed E-state index contributed by atoms with van der Waals surface area (Å²) in [5.74, 6) is 0.0840. The van der Waals surface area contributed by atoms with Gasteiger partial charge in [-0.1, -0.05) is 6.07 Å². The third-order valence-corrected chi connectivity index (χ3v) is 3.67. The second-order valence-corrected chi connectivity index (χ2v) is 4.26. The molecule has 1 aromatic carbocycles. The van der Waals surface area contributed by atoms with Crippen LogP contribution in [0.25, 0.3) is 0 Å². The van der Waals surface area contributed by atoms with Gasteiger partial charge in [-0.25, -0.2) is 0 Å². The lowest BCUT2D eigenvalue weighted by Crippen LogP contribution is -1.97. The van der Waals surface area contributed by atoms with Crippen LogP contribution in [0.3, 0.4) is 0 Å². The highest BCUT2D eigenvalue weighted by Gasteiger charge is 2.10. The quantitative estimate of drug-likeness (QED) is 0.721. The van der Waals surface area contributed by atoms with Crippen LogP contribution >= 0.6 is 31.9 Å². The summed E-state index contributed by atoms with van der Waals surface area (Å²) in [5, 5.41) is 0. The van der Waals surface area contributed by atoms with Crippen LogP contribution < -0.4 is 0 Å². The molecule has 3 heteroatoms. The maximum absolute atomic E-state index is 11.2. The van der Waals surface area contributed by atoms with E-state index in [0.717, 1.165) is 20.1 Å². The summed E-state index contributed by atoms with van der Waals surface area (Å²) in [4.78, 5) is 11.2. The second kappa shape index (κ2) is 3.71. The van der Waals surface area contributed by atoms with Crippen LogP contribution in [0.15, 0.2) is 21.1 Å². The summed E-state index contributed by atoms with van der Waals surface area (Å²) in [7, 11) is 0. The first-order chi connectivity index (χ1) is 5.54. The van der Waals surface area contributed by atoms with Crippen molar-refractivity contribution in [2.24, 2.45) is 0 Å². The van der Waals surface area contributed by atoms with Crippen molar-refractivity contribution in [3.8, 4) is 0 Å². The van der Waals surface area contributed by atoms with Crippen LogP contribution in [0.2, 0.25) is 0 Å². The average Bonchev–Trinajstić information content (AvgIpc) is 1.97. The van der Waals surface area contributed by atoms with E-state index < -0.39 is 0 Å². The number of benzene rings is 1. The molecule has 0 aromatic heterocycles. The van der Waals surface area contributed by atoms with E-state index in [1.165, 1.54) is 0 Å². The van der Waals surface area contributed by atoms with Gasteiger partial charge in [0.25, 0.3) is 0 Å². The predicted molar refractivity (Wildman–Crippen MR) is 56.6 cm³/mol. The fourth-order valence-corrected chi connectivity index (χ4v) is 2.13. The van der Waals surface area contributed by atoms with Crippen LogP contribution in [0, 0.1) is 6.92 Å². The SMILES string of the molecule is CC(=O)c1c(C)ccc(Br)c1Br. The van der Waals surface area contributed by atoms with Crippen molar-refractivity contribution in [3.63, 3.8) is 0 Å². The molecule has 0 aliphatic heterocycles. The molecule has 0 saturated carbocycles. The molecule has 64 valence electrons. The molecule has 1 aromatic rings. The number of aryl methyl sites for hydroxylation is 1. The lowest BCUT2D eigenvalue weighted by atomic mass is 10.1. The zero-order valence-electron chi connectivity index (χ0n) is 6.82. The number of hydrogen-bond donors (Lipinski definition) is 0. The van der Waals surface area contributed by atoms with Crippen LogP contribution in [0.1, 0.15) is 22.8 Å². The van der Waals surface area contributed by atoms with E-state index in [1.807, 2.05) is 19.1 Å². The summed E-state index contributed by atoms with van der Waals surface area (Å²) in [5.41, 5.74) is 1.75. The van der Waals surface area contributed by atoms with Crippen LogP contribution in [0.4, 0.5) is 0 Å². The van der Waals surface area contributed by atoms with Gasteiger partial charge in [-0.05, 0) is 57.3 Å². The van der Waals surface area contributed by atoms with Crippen molar-refractivity contribution in [1.29, 1.82) is 0 Å².